The Morgan fingerprint density at radius 2 is 2.00 bits per heavy atom. The zero-order valence-electron chi connectivity index (χ0n) is 9.65. The van der Waals surface area contributed by atoms with Crippen LogP contribution in [0.25, 0.3) is 0 Å². The molecule has 0 aliphatic carbocycles. The molecule has 0 bridgehead atoms. The minimum absolute atomic E-state index is 0.112. The second-order valence-electron chi connectivity index (χ2n) is 3.85. The molecule has 2 aromatic rings. The Labute approximate surface area is 123 Å². The first-order valence-corrected chi connectivity index (χ1v) is 6.49. The van der Waals surface area contributed by atoms with Gasteiger partial charge in [0.1, 0.15) is 5.75 Å². The number of hydrogen-bond donors (Lipinski definition) is 3. The number of nitrogen functional groups attached to an aromatic ring is 1. The minimum Gasteiger partial charge on any atom is -0.507 e. The fourth-order valence-electron chi connectivity index (χ4n) is 1.53. The van der Waals surface area contributed by atoms with Crippen molar-refractivity contribution in [3.05, 3.63) is 51.5 Å². The van der Waals surface area contributed by atoms with E-state index >= 15 is 0 Å². The maximum absolute atomic E-state index is 12.0. The number of nitrogens with two attached hydrogens (primary N) is 1. The van der Waals surface area contributed by atoms with E-state index in [1.807, 2.05) is 0 Å². The molecule has 2 aromatic carbocycles. The van der Waals surface area contributed by atoms with Gasteiger partial charge in [0, 0.05) is 9.50 Å². The van der Waals surface area contributed by atoms with Gasteiger partial charge in [-0.05, 0) is 36.4 Å². The van der Waals surface area contributed by atoms with Crippen LogP contribution < -0.4 is 11.1 Å². The van der Waals surface area contributed by atoms with Gasteiger partial charge in [-0.2, -0.15) is 0 Å². The van der Waals surface area contributed by atoms with E-state index in [4.69, 9.17) is 17.3 Å². The first-order valence-electron chi connectivity index (χ1n) is 5.32. The molecule has 0 radical (unpaired) electrons. The third-order valence-electron chi connectivity index (χ3n) is 2.47. The predicted molar refractivity (Wildman–Crippen MR) is 79.6 cm³/mol. The lowest BCUT2D eigenvalue weighted by Gasteiger charge is -2.09. The van der Waals surface area contributed by atoms with Gasteiger partial charge in [-0.1, -0.05) is 27.5 Å². The van der Waals surface area contributed by atoms with Crippen molar-refractivity contribution >= 4 is 44.8 Å². The summed E-state index contributed by atoms with van der Waals surface area (Å²) in [6, 6.07) is 9.39. The number of carbonyl (C=O) groups is 1. The van der Waals surface area contributed by atoms with Crippen LogP contribution in [-0.4, -0.2) is 11.0 Å². The summed E-state index contributed by atoms with van der Waals surface area (Å²) < 4.78 is 0.688. The molecule has 1 amide bonds. The van der Waals surface area contributed by atoms with Gasteiger partial charge in [0.25, 0.3) is 5.91 Å². The van der Waals surface area contributed by atoms with Gasteiger partial charge >= 0.3 is 0 Å². The quantitative estimate of drug-likeness (QED) is 0.730. The molecule has 2 rings (SSSR count). The highest BCUT2D eigenvalue weighted by atomic mass is 79.9. The summed E-state index contributed by atoms with van der Waals surface area (Å²) in [6.45, 7) is 0. The van der Waals surface area contributed by atoms with Gasteiger partial charge in [-0.25, -0.2) is 0 Å². The van der Waals surface area contributed by atoms with Gasteiger partial charge in [-0.15, -0.1) is 0 Å². The molecule has 0 aliphatic heterocycles. The summed E-state index contributed by atoms with van der Waals surface area (Å²) in [5.74, 6) is -0.557. The Morgan fingerprint density at radius 3 is 2.63 bits per heavy atom. The number of amides is 1. The van der Waals surface area contributed by atoms with Gasteiger partial charge in [0.05, 0.1) is 16.9 Å². The molecule has 0 aromatic heterocycles. The Kier molecular flexibility index (Phi) is 3.97. The number of anilines is 2. The zero-order chi connectivity index (χ0) is 14.0. The van der Waals surface area contributed by atoms with Gasteiger partial charge in [-0.3, -0.25) is 4.79 Å². The molecule has 4 nitrogen and oxygen atoms in total. The Balaban J connectivity index is 2.25. The molecule has 6 heteroatoms. The standard InChI is InChI=1S/C13H10BrClN2O2/c14-7-1-3-9(12(18)5-7)13(19)17-11-4-2-8(15)6-10(11)16/h1-6,18H,16H2,(H,17,19). The van der Waals surface area contributed by atoms with E-state index in [1.54, 1.807) is 24.3 Å². The average molecular weight is 342 g/mol. The number of rotatable bonds is 2. The number of nitrogens with one attached hydrogen (secondary N) is 1. The molecule has 0 heterocycles. The number of benzene rings is 2. The van der Waals surface area contributed by atoms with E-state index in [0.29, 0.717) is 20.9 Å². The van der Waals surface area contributed by atoms with E-state index in [9.17, 15) is 9.90 Å². The summed E-state index contributed by atoms with van der Waals surface area (Å²) in [7, 11) is 0. The molecule has 0 aliphatic rings. The van der Waals surface area contributed by atoms with Gasteiger partial charge in [0.15, 0.2) is 0 Å². The summed E-state index contributed by atoms with van der Waals surface area (Å²) in [5.41, 5.74) is 6.71. The molecular weight excluding hydrogens is 332 g/mol. The number of carbonyl (C=O) groups excluding carboxylic acids is 1. The van der Waals surface area contributed by atoms with Crippen LogP contribution in [0.4, 0.5) is 11.4 Å². The summed E-state index contributed by atoms with van der Waals surface area (Å²) in [6.07, 6.45) is 0. The van der Waals surface area contributed by atoms with Crippen molar-refractivity contribution in [3.8, 4) is 5.75 Å². The molecule has 4 N–H and O–H groups in total. The zero-order valence-corrected chi connectivity index (χ0v) is 12.0. The highest BCUT2D eigenvalue weighted by Gasteiger charge is 2.12. The molecule has 0 saturated heterocycles. The van der Waals surface area contributed by atoms with Crippen LogP contribution in [-0.2, 0) is 0 Å². The summed E-state index contributed by atoms with van der Waals surface area (Å²) >= 11 is 8.98. The summed E-state index contributed by atoms with van der Waals surface area (Å²) in [5, 5.41) is 12.8. The molecule has 0 unspecified atom stereocenters. The van der Waals surface area contributed by atoms with Crippen molar-refractivity contribution in [2.24, 2.45) is 0 Å². The molecule has 0 spiro atoms. The predicted octanol–water partition coefficient (Wildman–Crippen LogP) is 3.64. The maximum atomic E-state index is 12.0. The lowest BCUT2D eigenvalue weighted by atomic mass is 10.2. The van der Waals surface area contributed by atoms with Crippen LogP contribution in [0.2, 0.25) is 5.02 Å². The third-order valence-corrected chi connectivity index (χ3v) is 3.19. The van der Waals surface area contributed by atoms with Crippen molar-refractivity contribution < 1.29 is 9.90 Å². The van der Waals surface area contributed by atoms with Crippen LogP contribution in [0.15, 0.2) is 40.9 Å². The Morgan fingerprint density at radius 1 is 1.26 bits per heavy atom. The second kappa shape index (κ2) is 5.50. The molecule has 19 heavy (non-hydrogen) atoms. The molecular formula is C13H10BrClN2O2. The third kappa shape index (κ3) is 3.19. The number of halogens is 2. The largest absolute Gasteiger partial charge is 0.507 e. The van der Waals surface area contributed by atoms with Crippen LogP contribution in [0.5, 0.6) is 5.75 Å². The fraction of sp³-hybridized carbons (Fsp3) is 0. The normalized spacial score (nSPS) is 10.2. The number of hydrogen-bond acceptors (Lipinski definition) is 3. The van der Waals surface area contributed by atoms with Crippen molar-refractivity contribution in [1.82, 2.24) is 0 Å². The lowest BCUT2D eigenvalue weighted by Crippen LogP contribution is -2.13. The first-order chi connectivity index (χ1) is 8.97. The SMILES string of the molecule is Nc1cc(Cl)ccc1NC(=O)c1ccc(Br)cc1O. The molecule has 0 saturated carbocycles. The van der Waals surface area contributed by atoms with E-state index < -0.39 is 5.91 Å². The van der Waals surface area contributed by atoms with E-state index in [-0.39, 0.29) is 11.3 Å². The van der Waals surface area contributed by atoms with Gasteiger partial charge in [0.2, 0.25) is 0 Å². The number of aromatic hydroxyl groups is 1. The Bertz CT molecular complexity index is 647. The fourth-order valence-corrected chi connectivity index (χ4v) is 2.06. The number of phenolic OH excluding ortho intramolecular Hbond substituents is 1. The maximum Gasteiger partial charge on any atom is 0.259 e. The first kappa shape index (κ1) is 13.7. The smallest absolute Gasteiger partial charge is 0.259 e. The summed E-state index contributed by atoms with van der Waals surface area (Å²) in [4.78, 5) is 12.0. The Hall–Kier alpha value is -1.72. The highest BCUT2D eigenvalue weighted by Crippen LogP contribution is 2.26. The minimum atomic E-state index is -0.445. The van der Waals surface area contributed by atoms with E-state index in [2.05, 4.69) is 21.2 Å². The highest BCUT2D eigenvalue weighted by molar-refractivity contribution is 9.10. The molecule has 98 valence electrons. The second-order valence-corrected chi connectivity index (χ2v) is 5.20. The monoisotopic (exact) mass is 340 g/mol. The van der Waals surface area contributed by atoms with Crippen molar-refractivity contribution in [3.63, 3.8) is 0 Å². The van der Waals surface area contributed by atoms with Gasteiger partial charge < -0.3 is 16.2 Å². The van der Waals surface area contributed by atoms with Crippen molar-refractivity contribution in [2.45, 2.75) is 0 Å². The van der Waals surface area contributed by atoms with Crippen LogP contribution in [0, 0.1) is 0 Å². The lowest BCUT2D eigenvalue weighted by molar-refractivity contribution is 0.102. The van der Waals surface area contributed by atoms with Crippen molar-refractivity contribution in [2.75, 3.05) is 11.1 Å². The van der Waals surface area contributed by atoms with Crippen LogP contribution >= 0.6 is 27.5 Å². The van der Waals surface area contributed by atoms with Crippen LogP contribution in [0.3, 0.4) is 0 Å². The van der Waals surface area contributed by atoms with Crippen LogP contribution in [0.1, 0.15) is 10.4 Å². The van der Waals surface area contributed by atoms with E-state index in [0.717, 1.165) is 0 Å². The number of phenols is 1. The molecule has 0 fully saturated rings. The average Bonchev–Trinajstić information content (AvgIpc) is 2.32. The van der Waals surface area contributed by atoms with Crippen molar-refractivity contribution in [1.29, 1.82) is 0 Å². The molecule has 0 atom stereocenters. The topological polar surface area (TPSA) is 75.3 Å². The van der Waals surface area contributed by atoms with E-state index in [1.165, 1.54) is 12.1 Å².